The van der Waals surface area contributed by atoms with E-state index < -0.39 is 6.10 Å². The Kier molecular flexibility index (Phi) is 64.1. The van der Waals surface area contributed by atoms with Crippen molar-refractivity contribution in [3.8, 4) is 0 Å². The largest absolute Gasteiger partial charge is 0.462 e. The first-order valence-corrected chi connectivity index (χ1v) is 34.5. The van der Waals surface area contributed by atoms with Crippen LogP contribution in [-0.4, -0.2) is 37.2 Å². The first kappa shape index (κ1) is 74.6. The van der Waals surface area contributed by atoms with Gasteiger partial charge in [-0.15, -0.1) is 0 Å². The maximum atomic E-state index is 12.9. The van der Waals surface area contributed by atoms with E-state index in [-0.39, 0.29) is 31.1 Å². The SMILES string of the molecule is CCCC/C=C\CCCCCCCC(=O)OCC(COC(=O)CCCCCCCCCCCCCCCCCCCCCCCCCCCCCCC)OC(=O)CCCCCCCCCCC/C=C\C/C=C\CCCCC. The molecule has 1 atom stereocenters. The average Bonchev–Trinajstić information content (AvgIpc) is 3.43. The Labute approximate surface area is 480 Å². The van der Waals surface area contributed by atoms with Gasteiger partial charge >= 0.3 is 17.9 Å². The van der Waals surface area contributed by atoms with Gasteiger partial charge in [0.2, 0.25) is 0 Å². The maximum absolute atomic E-state index is 12.9. The molecule has 0 aromatic heterocycles. The monoisotopic (exact) mass is 1080 g/mol. The Bertz CT molecular complexity index is 1290. The lowest BCUT2D eigenvalue weighted by molar-refractivity contribution is -0.167. The Hall–Kier alpha value is -2.37. The van der Waals surface area contributed by atoms with Crippen molar-refractivity contribution in [1.82, 2.24) is 0 Å². The molecule has 0 radical (unpaired) electrons. The van der Waals surface area contributed by atoms with E-state index in [1.165, 1.54) is 270 Å². The van der Waals surface area contributed by atoms with Gasteiger partial charge < -0.3 is 14.2 Å². The van der Waals surface area contributed by atoms with Gasteiger partial charge in [-0.2, -0.15) is 0 Å². The predicted octanol–water partition coefficient (Wildman–Crippen LogP) is 23.6. The van der Waals surface area contributed by atoms with Crippen LogP contribution in [0.1, 0.15) is 380 Å². The summed E-state index contributed by atoms with van der Waals surface area (Å²) in [5, 5.41) is 0. The number of unbranched alkanes of at least 4 members (excludes halogenated alkanes) is 47. The molecular weight excluding hydrogens is 949 g/mol. The Balaban J connectivity index is 4.13. The van der Waals surface area contributed by atoms with Crippen LogP contribution in [0.4, 0.5) is 0 Å². The highest BCUT2D eigenvalue weighted by molar-refractivity contribution is 5.71. The fourth-order valence-electron chi connectivity index (χ4n) is 10.4. The molecule has 0 aromatic rings. The molecule has 77 heavy (non-hydrogen) atoms. The number of carbonyl (C=O) groups is 3. The molecule has 0 aliphatic heterocycles. The molecule has 0 heterocycles. The van der Waals surface area contributed by atoms with Crippen LogP contribution in [0.15, 0.2) is 36.5 Å². The van der Waals surface area contributed by atoms with Crippen LogP contribution in [0, 0.1) is 0 Å². The Morgan fingerprint density at radius 1 is 0.260 bits per heavy atom. The van der Waals surface area contributed by atoms with Crippen LogP contribution in [0.3, 0.4) is 0 Å². The summed E-state index contributed by atoms with van der Waals surface area (Å²) in [5.74, 6) is -0.863. The predicted molar refractivity (Wildman–Crippen MR) is 335 cm³/mol. The zero-order chi connectivity index (χ0) is 55.7. The highest BCUT2D eigenvalue weighted by Crippen LogP contribution is 2.18. The highest BCUT2D eigenvalue weighted by atomic mass is 16.6. The summed E-state index contributed by atoms with van der Waals surface area (Å²) in [5.41, 5.74) is 0. The summed E-state index contributed by atoms with van der Waals surface area (Å²) in [6, 6.07) is 0. The van der Waals surface area contributed by atoms with Crippen LogP contribution in [0.2, 0.25) is 0 Å². The average molecular weight is 1080 g/mol. The number of hydrogen-bond donors (Lipinski definition) is 0. The highest BCUT2D eigenvalue weighted by Gasteiger charge is 2.19. The molecule has 0 saturated heterocycles. The first-order valence-electron chi connectivity index (χ1n) is 34.5. The normalized spacial score (nSPS) is 12.2. The van der Waals surface area contributed by atoms with Gasteiger partial charge in [0, 0.05) is 19.3 Å². The van der Waals surface area contributed by atoms with E-state index in [1.807, 2.05) is 0 Å². The second-order valence-electron chi connectivity index (χ2n) is 23.4. The maximum Gasteiger partial charge on any atom is 0.306 e. The van der Waals surface area contributed by atoms with Gasteiger partial charge in [0.15, 0.2) is 6.10 Å². The van der Waals surface area contributed by atoms with Gasteiger partial charge in [-0.3, -0.25) is 14.4 Å². The van der Waals surface area contributed by atoms with Gasteiger partial charge in [-0.05, 0) is 70.6 Å². The van der Waals surface area contributed by atoms with Crippen LogP contribution < -0.4 is 0 Å². The molecule has 0 amide bonds. The summed E-state index contributed by atoms with van der Waals surface area (Å²) in [7, 11) is 0. The van der Waals surface area contributed by atoms with Gasteiger partial charge in [0.05, 0.1) is 0 Å². The second kappa shape index (κ2) is 66.1. The van der Waals surface area contributed by atoms with Crippen molar-refractivity contribution < 1.29 is 28.6 Å². The number of ether oxygens (including phenoxy) is 3. The number of esters is 3. The molecule has 0 aliphatic carbocycles. The van der Waals surface area contributed by atoms with Gasteiger partial charge in [-0.25, -0.2) is 0 Å². The zero-order valence-corrected chi connectivity index (χ0v) is 52.0. The summed E-state index contributed by atoms with van der Waals surface area (Å²) in [6.45, 7) is 6.63. The third-order valence-electron chi connectivity index (χ3n) is 15.6. The second-order valence-corrected chi connectivity index (χ2v) is 23.4. The van der Waals surface area contributed by atoms with Crippen molar-refractivity contribution in [2.45, 2.75) is 386 Å². The molecule has 6 heteroatoms. The van der Waals surface area contributed by atoms with Crippen LogP contribution in [0.5, 0.6) is 0 Å². The fraction of sp³-hybridized carbons (Fsp3) is 0.873. The minimum absolute atomic E-state index is 0.0723. The van der Waals surface area contributed by atoms with E-state index in [4.69, 9.17) is 14.2 Å². The number of hydrogen-bond acceptors (Lipinski definition) is 6. The molecule has 0 aromatic carbocycles. The lowest BCUT2D eigenvalue weighted by Gasteiger charge is -2.18. The van der Waals surface area contributed by atoms with Crippen molar-refractivity contribution in [1.29, 1.82) is 0 Å². The van der Waals surface area contributed by atoms with Crippen LogP contribution in [0.25, 0.3) is 0 Å². The van der Waals surface area contributed by atoms with Crippen molar-refractivity contribution in [2.75, 3.05) is 13.2 Å². The van der Waals surface area contributed by atoms with E-state index in [2.05, 4.69) is 57.2 Å². The van der Waals surface area contributed by atoms with Crippen LogP contribution in [-0.2, 0) is 28.6 Å². The fourth-order valence-corrected chi connectivity index (χ4v) is 10.4. The standard InChI is InChI=1S/C71H132O6/c1-4-7-10-13-16-19-22-24-26-28-30-31-32-33-34-35-36-37-38-39-41-42-44-46-49-52-55-58-61-64-70(73)76-67-68(66-75-69(72)63-60-57-54-51-48-21-18-15-12-9-6-3)77-71(74)65-62-59-56-53-50-47-45-43-40-29-27-25-23-20-17-14-11-8-5-2/h15,17-18,20,25,27,68H,4-14,16,19,21-24,26,28-67H2,1-3H3/b18-15-,20-17-,27-25-. The molecule has 0 rings (SSSR count). The molecule has 0 spiro atoms. The van der Waals surface area contributed by atoms with E-state index in [1.54, 1.807) is 0 Å². The lowest BCUT2D eigenvalue weighted by atomic mass is 10.0. The van der Waals surface area contributed by atoms with E-state index >= 15 is 0 Å². The van der Waals surface area contributed by atoms with E-state index in [0.717, 1.165) is 70.6 Å². The number of carbonyl (C=O) groups excluding carboxylic acids is 3. The molecule has 0 bridgehead atoms. The molecule has 0 N–H and O–H groups in total. The van der Waals surface area contributed by atoms with Crippen molar-refractivity contribution in [3.63, 3.8) is 0 Å². The van der Waals surface area contributed by atoms with Crippen molar-refractivity contribution in [3.05, 3.63) is 36.5 Å². The number of rotatable bonds is 64. The molecule has 0 aliphatic rings. The molecule has 1 unspecified atom stereocenters. The summed E-state index contributed by atoms with van der Waals surface area (Å²) in [6.07, 6.45) is 81.8. The molecule has 0 fully saturated rings. The molecule has 0 saturated carbocycles. The third-order valence-corrected chi connectivity index (χ3v) is 15.6. The topological polar surface area (TPSA) is 78.9 Å². The van der Waals surface area contributed by atoms with Gasteiger partial charge in [0.25, 0.3) is 0 Å². The van der Waals surface area contributed by atoms with E-state index in [9.17, 15) is 14.4 Å². The van der Waals surface area contributed by atoms with Crippen LogP contribution >= 0.6 is 0 Å². The molecule has 452 valence electrons. The zero-order valence-electron chi connectivity index (χ0n) is 52.0. The minimum atomic E-state index is -0.776. The third kappa shape index (κ3) is 64.3. The quantitative estimate of drug-likeness (QED) is 0.0261. The summed E-state index contributed by atoms with van der Waals surface area (Å²) < 4.78 is 16.9. The van der Waals surface area contributed by atoms with Gasteiger partial charge in [0.1, 0.15) is 13.2 Å². The summed E-state index contributed by atoms with van der Waals surface area (Å²) >= 11 is 0. The van der Waals surface area contributed by atoms with E-state index in [0.29, 0.717) is 19.3 Å². The molecular formula is C71H132O6. The van der Waals surface area contributed by atoms with Crippen molar-refractivity contribution >= 4 is 17.9 Å². The Morgan fingerprint density at radius 2 is 0.481 bits per heavy atom. The van der Waals surface area contributed by atoms with Crippen molar-refractivity contribution in [2.24, 2.45) is 0 Å². The number of allylic oxidation sites excluding steroid dienone is 6. The summed E-state index contributed by atoms with van der Waals surface area (Å²) in [4.78, 5) is 38.3. The minimum Gasteiger partial charge on any atom is -0.462 e. The van der Waals surface area contributed by atoms with Gasteiger partial charge in [-0.1, -0.05) is 327 Å². The lowest BCUT2D eigenvalue weighted by Crippen LogP contribution is -2.30. The first-order chi connectivity index (χ1) is 38.0. The molecule has 6 nitrogen and oxygen atoms in total. The smallest absolute Gasteiger partial charge is 0.306 e. The Morgan fingerprint density at radius 3 is 0.792 bits per heavy atom.